The molecule has 124 valence electrons. The van der Waals surface area contributed by atoms with Gasteiger partial charge in [0.2, 0.25) is 5.91 Å². The first-order valence-corrected chi connectivity index (χ1v) is 8.27. The molecule has 7 heteroatoms. The summed E-state index contributed by atoms with van der Waals surface area (Å²) in [6.07, 6.45) is 7.37. The van der Waals surface area contributed by atoms with Crippen molar-refractivity contribution in [3.05, 3.63) is 48.2 Å². The zero-order chi connectivity index (χ0) is 16.5. The van der Waals surface area contributed by atoms with E-state index in [2.05, 4.69) is 10.2 Å². The highest BCUT2D eigenvalue weighted by atomic mass is 16.2. The number of piperidine rings is 1. The lowest BCUT2D eigenvalue weighted by molar-refractivity contribution is -0.133. The molecule has 1 aliphatic rings. The summed E-state index contributed by atoms with van der Waals surface area (Å²) in [4.78, 5) is 19.0. The highest BCUT2D eigenvalue weighted by molar-refractivity contribution is 5.76. The van der Waals surface area contributed by atoms with Gasteiger partial charge in [-0.2, -0.15) is 10.2 Å². The molecule has 0 aliphatic carbocycles. The van der Waals surface area contributed by atoms with E-state index in [1.54, 1.807) is 10.9 Å². The zero-order valence-corrected chi connectivity index (χ0v) is 13.7. The molecule has 0 N–H and O–H groups in total. The van der Waals surface area contributed by atoms with E-state index in [0.29, 0.717) is 12.5 Å². The Morgan fingerprint density at radius 1 is 1.29 bits per heavy atom. The number of nitrogens with zero attached hydrogens (tertiary/aromatic N) is 6. The molecule has 0 spiro atoms. The van der Waals surface area contributed by atoms with Crippen LogP contribution >= 0.6 is 0 Å². The van der Waals surface area contributed by atoms with Gasteiger partial charge in [0.1, 0.15) is 6.54 Å². The maximum atomic E-state index is 12.3. The smallest absolute Gasteiger partial charge is 0.244 e. The van der Waals surface area contributed by atoms with Crippen LogP contribution in [0.5, 0.6) is 0 Å². The monoisotopic (exact) mass is 324 g/mol. The van der Waals surface area contributed by atoms with E-state index in [4.69, 9.17) is 4.98 Å². The van der Waals surface area contributed by atoms with Crippen molar-refractivity contribution in [2.75, 3.05) is 13.1 Å². The van der Waals surface area contributed by atoms with Crippen molar-refractivity contribution in [2.24, 2.45) is 0 Å². The van der Waals surface area contributed by atoms with Crippen LogP contribution in [0.3, 0.4) is 0 Å². The predicted molar refractivity (Wildman–Crippen MR) is 88.5 cm³/mol. The van der Waals surface area contributed by atoms with Crippen molar-refractivity contribution in [3.8, 4) is 0 Å². The fraction of sp³-hybridized carbons (Fsp3) is 0.412. The fourth-order valence-electron chi connectivity index (χ4n) is 3.30. The Hall–Kier alpha value is -2.70. The van der Waals surface area contributed by atoms with Crippen molar-refractivity contribution in [1.82, 2.24) is 29.3 Å². The summed E-state index contributed by atoms with van der Waals surface area (Å²) in [6, 6.07) is 5.87. The van der Waals surface area contributed by atoms with Gasteiger partial charge in [-0.1, -0.05) is 0 Å². The van der Waals surface area contributed by atoms with Crippen LogP contribution in [0.2, 0.25) is 0 Å². The Morgan fingerprint density at radius 3 is 2.88 bits per heavy atom. The van der Waals surface area contributed by atoms with Crippen molar-refractivity contribution in [3.63, 3.8) is 0 Å². The maximum Gasteiger partial charge on any atom is 0.244 e. The third-order valence-corrected chi connectivity index (χ3v) is 4.59. The minimum atomic E-state index is 0.131. The molecule has 3 aromatic heterocycles. The van der Waals surface area contributed by atoms with Crippen molar-refractivity contribution >= 4 is 11.6 Å². The molecule has 4 rings (SSSR count). The number of hydrogen-bond donors (Lipinski definition) is 0. The second kappa shape index (κ2) is 6.07. The Balaban J connectivity index is 1.40. The van der Waals surface area contributed by atoms with E-state index in [-0.39, 0.29) is 5.91 Å². The summed E-state index contributed by atoms with van der Waals surface area (Å²) in [5, 5.41) is 8.46. The van der Waals surface area contributed by atoms with Crippen molar-refractivity contribution in [1.29, 1.82) is 0 Å². The molecule has 0 bridgehead atoms. The van der Waals surface area contributed by atoms with Gasteiger partial charge in [0.25, 0.3) is 0 Å². The van der Waals surface area contributed by atoms with E-state index in [0.717, 1.165) is 43.0 Å². The van der Waals surface area contributed by atoms with Crippen LogP contribution in [0.1, 0.15) is 30.1 Å². The number of aromatic nitrogens is 5. The second-order valence-corrected chi connectivity index (χ2v) is 6.30. The van der Waals surface area contributed by atoms with Crippen LogP contribution in [-0.2, 0) is 11.3 Å². The lowest BCUT2D eigenvalue weighted by Crippen LogP contribution is -2.40. The Morgan fingerprint density at radius 2 is 2.12 bits per heavy atom. The van der Waals surface area contributed by atoms with Gasteiger partial charge < -0.3 is 4.90 Å². The summed E-state index contributed by atoms with van der Waals surface area (Å²) in [5.41, 5.74) is 2.96. The summed E-state index contributed by atoms with van der Waals surface area (Å²) in [6.45, 7) is 3.83. The molecule has 0 aromatic carbocycles. The summed E-state index contributed by atoms with van der Waals surface area (Å²) in [7, 11) is 0. The molecular weight excluding hydrogens is 304 g/mol. The molecule has 0 radical (unpaired) electrons. The van der Waals surface area contributed by atoms with Crippen LogP contribution < -0.4 is 0 Å². The third-order valence-electron chi connectivity index (χ3n) is 4.59. The number of carbonyl (C=O) groups excluding carboxylic acids is 1. The van der Waals surface area contributed by atoms with E-state index >= 15 is 0 Å². The first kappa shape index (κ1) is 14.9. The number of fused-ring (bicyclic) bond motifs is 1. The van der Waals surface area contributed by atoms with E-state index < -0.39 is 0 Å². The summed E-state index contributed by atoms with van der Waals surface area (Å²) >= 11 is 0. The number of hydrogen-bond acceptors (Lipinski definition) is 4. The summed E-state index contributed by atoms with van der Waals surface area (Å²) in [5.74, 6) is 0.533. The van der Waals surface area contributed by atoms with Crippen LogP contribution in [0.4, 0.5) is 0 Å². The number of likely N-dealkylation sites (tertiary alicyclic amines) is 1. The molecule has 1 aliphatic heterocycles. The van der Waals surface area contributed by atoms with Crippen molar-refractivity contribution in [2.45, 2.75) is 32.2 Å². The first-order valence-electron chi connectivity index (χ1n) is 8.27. The number of rotatable bonds is 3. The average molecular weight is 324 g/mol. The molecule has 0 atom stereocenters. The molecule has 1 amide bonds. The van der Waals surface area contributed by atoms with Gasteiger partial charge in [-0.3, -0.25) is 9.48 Å². The van der Waals surface area contributed by atoms with Gasteiger partial charge in [0.15, 0.2) is 5.65 Å². The van der Waals surface area contributed by atoms with Crippen molar-refractivity contribution < 1.29 is 4.79 Å². The van der Waals surface area contributed by atoms with Gasteiger partial charge in [-0.25, -0.2) is 9.50 Å². The quantitative estimate of drug-likeness (QED) is 0.734. The van der Waals surface area contributed by atoms with E-state index in [1.807, 2.05) is 46.9 Å². The maximum absolute atomic E-state index is 12.3. The molecule has 0 unspecified atom stereocenters. The van der Waals surface area contributed by atoms with E-state index in [9.17, 15) is 4.79 Å². The van der Waals surface area contributed by atoms with Gasteiger partial charge in [-0.15, -0.1) is 0 Å². The molecule has 3 aromatic rings. The van der Waals surface area contributed by atoms with Gasteiger partial charge >= 0.3 is 0 Å². The predicted octanol–water partition coefficient (Wildman–Crippen LogP) is 1.64. The molecular formula is C17H20N6O. The Bertz CT molecular complexity index is 845. The fourth-order valence-corrected chi connectivity index (χ4v) is 3.30. The average Bonchev–Trinajstić information content (AvgIpc) is 3.22. The normalized spacial score (nSPS) is 16.0. The topological polar surface area (TPSA) is 68.3 Å². The van der Waals surface area contributed by atoms with E-state index in [1.165, 1.54) is 0 Å². The molecule has 0 saturated carbocycles. The lowest BCUT2D eigenvalue weighted by Gasteiger charge is -2.31. The molecule has 24 heavy (non-hydrogen) atoms. The van der Waals surface area contributed by atoms with Crippen LogP contribution in [0, 0.1) is 6.92 Å². The Kier molecular flexibility index (Phi) is 3.76. The Labute approximate surface area is 139 Å². The number of carbonyl (C=O) groups is 1. The summed E-state index contributed by atoms with van der Waals surface area (Å²) < 4.78 is 3.48. The third kappa shape index (κ3) is 2.89. The van der Waals surface area contributed by atoms with Crippen LogP contribution in [0.25, 0.3) is 5.65 Å². The number of aryl methyl sites for hydroxylation is 1. The number of amides is 1. The molecule has 4 heterocycles. The molecule has 1 saturated heterocycles. The van der Waals surface area contributed by atoms with Gasteiger partial charge in [0, 0.05) is 49.4 Å². The second-order valence-electron chi connectivity index (χ2n) is 6.30. The largest absolute Gasteiger partial charge is 0.341 e. The zero-order valence-electron chi connectivity index (χ0n) is 13.7. The first-order chi connectivity index (χ1) is 11.7. The minimum Gasteiger partial charge on any atom is -0.341 e. The van der Waals surface area contributed by atoms with Crippen LogP contribution in [-0.4, -0.2) is 48.3 Å². The standard InChI is InChI=1S/C17H20N6O/c1-13-11-16-19-15(5-10-23(16)20-13)14-3-8-21(9-4-14)17(24)12-22-7-2-6-18-22/h2,5-7,10-11,14H,3-4,8-9,12H2,1H3. The molecule has 1 fully saturated rings. The molecule has 7 nitrogen and oxygen atoms in total. The van der Waals surface area contributed by atoms with Gasteiger partial charge in [0.05, 0.1) is 5.69 Å². The lowest BCUT2D eigenvalue weighted by atomic mass is 9.93. The van der Waals surface area contributed by atoms with Crippen LogP contribution in [0.15, 0.2) is 36.8 Å². The SMILES string of the molecule is Cc1cc2nc(C3CCN(C(=O)Cn4cccn4)CC3)ccn2n1. The highest BCUT2D eigenvalue weighted by Crippen LogP contribution is 2.27. The minimum absolute atomic E-state index is 0.131. The highest BCUT2D eigenvalue weighted by Gasteiger charge is 2.25. The van der Waals surface area contributed by atoms with Gasteiger partial charge in [-0.05, 0) is 31.9 Å².